The Kier molecular flexibility index (Phi) is 9.41. The number of nitrogens with one attached hydrogen (secondary N) is 1. The fraction of sp³-hybridized carbons (Fsp3) is 0.950. The van der Waals surface area contributed by atoms with E-state index in [1.165, 1.54) is 70.6 Å². The third-order valence-electron chi connectivity index (χ3n) is 17.0. The molecule has 0 radical (unpaired) electrons. The van der Waals surface area contributed by atoms with E-state index >= 15 is 0 Å². The van der Waals surface area contributed by atoms with Gasteiger partial charge in [0.1, 0.15) is 12.4 Å². The Morgan fingerprint density at radius 2 is 1.64 bits per heavy atom. The van der Waals surface area contributed by atoms with Crippen molar-refractivity contribution in [2.75, 3.05) is 31.1 Å². The van der Waals surface area contributed by atoms with Gasteiger partial charge < -0.3 is 14.8 Å². The van der Waals surface area contributed by atoms with Gasteiger partial charge in [-0.2, -0.15) is 0 Å². The molecule has 0 amide bonds. The lowest BCUT2D eigenvalue weighted by Gasteiger charge is -2.68. The van der Waals surface area contributed by atoms with Crippen LogP contribution in [0.2, 0.25) is 0 Å². The third kappa shape index (κ3) is 5.56. The number of carbonyl (C=O) groups is 2. The first-order chi connectivity index (χ1) is 22.4. The second-order valence-corrected chi connectivity index (χ2v) is 20.5. The Hall–Kier alpha value is -0.790. The number of esters is 1. The van der Waals surface area contributed by atoms with Crippen LogP contribution in [0, 0.1) is 63.6 Å². The number of carbonyl (C=O) groups excluding carboxylic acids is 2. The minimum atomic E-state index is -0.614. The van der Waals surface area contributed by atoms with E-state index in [1.807, 2.05) is 0 Å². The number of hydrogen-bond acceptors (Lipinski definition) is 6. The van der Waals surface area contributed by atoms with Crippen LogP contribution in [0.1, 0.15) is 125 Å². The van der Waals surface area contributed by atoms with Crippen molar-refractivity contribution >= 4 is 23.1 Å². The molecule has 7 heteroatoms. The molecule has 47 heavy (non-hydrogen) atoms. The Bertz CT molecular complexity index is 1210. The van der Waals surface area contributed by atoms with Crippen LogP contribution in [-0.2, 0) is 25.1 Å². The smallest absolute Gasteiger partial charge is 0.309 e. The summed E-state index contributed by atoms with van der Waals surface area (Å²) in [5, 5.41) is 4.30. The van der Waals surface area contributed by atoms with Crippen molar-refractivity contribution in [3.8, 4) is 0 Å². The van der Waals surface area contributed by atoms with Gasteiger partial charge >= 0.3 is 5.97 Å². The van der Waals surface area contributed by atoms with Crippen molar-refractivity contribution in [2.24, 2.45) is 63.6 Å². The van der Waals surface area contributed by atoms with Crippen molar-refractivity contribution in [1.82, 2.24) is 10.2 Å². The molecule has 6 nitrogen and oxygen atoms in total. The molecule has 0 aromatic heterocycles. The molecule has 1 N–H and O–H groups in total. The van der Waals surface area contributed by atoms with Gasteiger partial charge in [-0.3, -0.25) is 13.9 Å². The standard InChI is InChI=1S/C40H66N2O4S/c1-7-28(42-19-21-47(45)22-20-42)24-41-40-15-8-9-32(40)29-10-11-35-38(5)17-14-34(46-36(44)33-23-27(25-43)37(33,3)4)26(2)30(38)12-16-39(35,6)31(29)13-18-40/h25-35,41H,7-24H2,1-6H3. The molecule has 6 aliphatic carbocycles. The lowest BCUT2D eigenvalue weighted by Crippen LogP contribution is -2.64. The quantitative estimate of drug-likeness (QED) is 0.221. The summed E-state index contributed by atoms with van der Waals surface area (Å²) in [4.78, 5) is 27.4. The molecule has 0 aromatic carbocycles. The molecule has 13 atom stereocenters. The van der Waals surface area contributed by atoms with Crippen molar-refractivity contribution in [3.63, 3.8) is 0 Å². The second-order valence-electron chi connectivity index (χ2n) is 18.8. The zero-order valence-electron chi connectivity index (χ0n) is 30.6. The van der Waals surface area contributed by atoms with E-state index in [1.54, 1.807) is 0 Å². The topological polar surface area (TPSA) is 75.7 Å². The summed E-state index contributed by atoms with van der Waals surface area (Å²) in [6.07, 6.45) is 17.3. The van der Waals surface area contributed by atoms with Crippen molar-refractivity contribution in [2.45, 2.75) is 143 Å². The molecule has 1 aliphatic heterocycles. The molecule has 266 valence electrons. The molecule has 7 fully saturated rings. The van der Waals surface area contributed by atoms with Gasteiger partial charge in [-0.05, 0) is 129 Å². The van der Waals surface area contributed by atoms with Crippen LogP contribution in [0.25, 0.3) is 0 Å². The average molecular weight is 671 g/mol. The maximum Gasteiger partial charge on any atom is 0.309 e. The summed E-state index contributed by atoms with van der Waals surface area (Å²) < 4.78 is 18.4. The molecule has 13 unspecified atom stereocenters. The van der Waals surface area contributed by atoms with Gasteiger partial charge in [0.05, 0.1) is 5.92 Å². The van der Waals surface area contributed by atoms with E-state index < -0.39 is 10.8 Å². The van der Waals surface area contributed by atoms with Crippen LogP contribution in [0.3, 0.4) is 0 Å². The van der Waals surface area contributed by atoms with E-state index in [9.17, 15) is 13.8 Å². The highest BCUT2D eigenvalue weighted by Gasteiger charge is 2.65. The van der Waals surface area contributed by atoms with Gasteiger partial charge in [-0.1, -0.05) is 48.0 Å². The maximum atomic E-state index is 13.3. The van der Waals surface area contributed by atoms with Crippen LogP contribution < -0.4 is 5.32 Å². The first-order valence-electron chi connectivity index (χ1n) is 19.9. The Labute approximate surface area is 288 Å². The van der Waals surface area contributed by atoms with Crippen LogP contribution in [-0.4, -0.2) is 70.2 Å². The van der Waals surface area contributed by atoms with Crippen LogP contribution in [0.4, 0.5) is 0 Å². The molecule has 1 saturated heterocycles. The summed E-state index contributed by atoms with van der Waals surface area (Å²) in [6.45, 7) is 17.3. The first kappa shape index (κ1) is 34.6. The summed E-state index contributed by atoms with van der Waals surface area (Å²) in [6, 6.07) is 0.564. The molecule has 7 aliphatic rings. The minimum Gasteiger partial charge on any atom is -0.462 e. The molecular formula is C40H66N2O4S. The van der Waals surface area contributed by atoms with E-state index in [-0.39, 0.29) is 29.3 Å². The Balaban J connectivity index is 1.01. The van der Waals surface area contributed by atoms with Gasteiger partial charge in [0.25, 0.3) is 0 Å². The van der Waals surface area contributed by atoms with Gasteiger partial charge in [-0.25, -0.2) is 0 Å². The normalized spacial score (nSPS) is 48.6. The van der Waals surface area contributed by atoms with Crippen molar-refractivity contribution in [1.29, 1.82) is 0 Å². The highest BCUT2D eigenvalue weighted by Crippen LogP contribution is 2.71. The monoisotopic (exact) mass is 670 g/mol. The average Bonchev–Trinajstić information content (AvgIpc) is 3.48. The predicted octanol–water partition coefficient (Wildman–Crippen LogP) is 7.02. The summed E-state index contributed by atoms with van der Waals surface area (Å²) in [5.41, 5.74) is 0.792. The molecule has 0 bridgehead atoms. The molecule has 0 aromatic rings. The van der Waals surface area contributed by atoms with Gasteiger partial charge in [0, 0.05) is 59.4 Å². The summed E-state index contributed by atoms with van der Waals surface area (Å²) >= 11 is 0. The number of rotatable bonds is 8. The Morgan fingerprint density at radius 1 is 0.936 bits per heavy atom. The second kappa shape index (κ2) is 12.8. The van der Waals surface area contributed by atoms with Crippen molar-refractivity contribution < 1.29 is 18.5 Å². The van der Waals surface area contributed by atoms with Crippen LogP contribution in [0.5, 0.6) is 0 Å². The maximum absolute atomic E-state index is 13.3. The van der Waals surface area contributed by atoms with Gasteiger partial charge in [0.2, 0.25) is 0 Å². The number of fused-ring (bicyclic) bond motifs is 7. The van der Waals surface area contributed by atoms with E-state index in [4.69, 9.17) is 4.74 Å². The summed E-state index contributed by atoms with van der Waals surface area (Å²) in [5.74, 6) is 5.78. The van der Waals surface area contributed by atoms with Gasteiger partial charge in [0.15, 0.2) is 0 Å². The lowest BCUT2D eigenvalue weighted by molar-refractivity contribution is -0.205. The number of ether oxygens (including phenoxy) is 1. The third-order valence-corrected chi connectivity index (χ3v) is 18.3. The van der Waals surface area contributed by atoms with Crippen LogP contribution >= 0.6 is 0 Å². The minimum absolute atomic E-state index is 0.0197. The largest absolute Gasteiger partial charge is 0.462 e. The first-order valence-corrected chi connectivity index (χ1v) is 21.4. The highest BCUT2D eigenvalue weighted by atomic mass is 32.2. The highest BCUT2D eigenvalue weighted by molar-refractivity contribution is 7.85. The van der Waals surface area contributed by atoms with E-state index in [0.717, 1.165) is 67.5 Å². The van der Waals surface area contributed by atoms with Crippen molar-refractivity contribution in [3.05, 3.63) is 0 Å². The zero-order chi connectivity index (χ0) is 33.4. The SMILES string of the molecule is CCC(CNC12CCCC1C1CCC3C4(C)CCC(OC(=O)C5CC(C=O)C5(C)C)C(C)C4CCC3(C)C1CC2)N1CCS(=O)CC1. The van der Waals surface area contributed by atoms with E-state index in [0.29, 0.717) is 40.7 Å². The number of nitrogens with zero attached hydrogens (tertiary/aromatic N) is 1. The van der Waals surface area contributed by atoms with E-state index in [2.05, 4.69) is 51.8 Å². The summed E-state index contributed by atoms with van der Waals surface area (Å²) in [7, 11) is -0.614. The van der Waals surface area contributed by atoms with Gasteiger partial charge in [-0.15, -0.1) is 0 Å². The fourth-order valence-electron chi connectivity index (χ4n) is 14.0. The Morgan fingerprint density at radius 3 is 2.34 bits per heavy atom. The zero-order valence-corrected chi connectivity index (χ0v) is 31.4. The number of hydrogen-bond donors (Lipinski definition) is 1. The molecule has 7 rings (SSSR count). The number of aldehydes is 1. The molecule has 1 heterocycles. The molecule has 0 spiro atoms. The van der Waals surface area contributed by atoms with Crippen LogP contribution in [0.15, 0.2) is 0 Å². The lowest BCUT2D eigenvalue weighted by atomic mass is 9.38. The molecular weight excluding hydrogens is 605 g/mol. The molecule has 6 saturated carbocycles. The predicted molar refractivity (Wildman–Crippen MR) is 189 cm³/mol. The fourth-order valence-corrected chi connectivity index (χ4v) is 15.1.